The van der Waals surface area contributed by atoms with Crippen LogP contribution < -0.4 is 20.5 Å². The summed E-state index contributed by atoms with van der Waals surface area (Å²) in [7, 11) is 3.35. The van der Waals surface area contributed by atoms with Crippen LogP contribution >= 0.6 is 0 Å². The number of anilines is 2. The number of nitrogens with two attached hydrogens (primary N) is 1. The molecule has 0 bridgehead atoms. The molecule has 1 fully saturated rings. The molecule has 1 aromatic carbocycles. The molecular formula is C25H28N8O5. The molecule has 0 spiro atoms. The smallest absolute Gasteiger partial charge is 0.277 e. The van der Waals surface area contributed by atoms with Crippen LogP contribution in [0.15, 0.2) is 31.1 Å². The number of hydrogen-bond donors (Lipinski definition) is 2. The Kier molecular flexibility index (Phi) is 6.57. The average molecular weight is 521 g/mol. The zero-order valence-corrected chi connectivity index (χ0v) is 21.1. The van der Waals surface area contributed by atoms with Crippen LogP contribution in [0.4, 0.5) is 11.5 Å². The highest BCUT2D eigenvalue weighted by Gasteiger charge is 2.30. The van der Waals surface area contributed by atoms with E-state index in [1.54, 1.807) is 35.8 Å². The maximum Gasteiger partial charge on any atom is 0.277 e. The predicted molar refractivity (Wildman–Crippen MR) is 138 cm³/mol. The van der Waals surface area contributed by atoms with Gasteiger partial charge < -0.3 is 30.3 Å². The fourth-order valence-corrected chi connectivity index (χ4v) is 4.69. The minimum atomic E-state index is -0.542. The number of benzene rings is 1. The molecule has 0 saturated carbocycles. The van der Waals surface area contributed by atoms with Crippen molar-refractivity contribution in [3.8, 4) is 11.5 Å². The number of nitrogens with zero attached hydrogens (tertiary/aromatic N) is 6. The molecule has 4 heterocycles. The average Bonchev–Trinajstić information content (AvgIpc) is 3.56. The quantitative estimate of drug-likeness (QED) is 0.458. The van der Waals surface area contributed by atoms with Crippen LogP contribution in [0.1, 0.15) is 34.9 Å². The first-order valence-electron chi connectivity index (χ1n) is 12.1. The van der Waals surface area contributed by atoms with Crippen LogP contribution in [-0.4, -0.2) is 81.2 Å². The molecule has 2 aliphatic rings. The van der Waals surface area contributed by atoms with Crippen molar-refractivity contribution in [2.75, 3.05) is 45.0 Å². The number of ether oxygens (including phenoxy) is 2. The molecule has 2 aliphatic heterocycles. The molecule has 5 rings (SSSR count). The topological polar surface area (TPSA) is 158 Å². The molecule has 0 radical (unpaired) electrons. The normalized spacial score (nSPS) is 16.4. The number of rotatable bonds is 6. The highest BCUT2D eigenvalue weighted by molar-refractivity contribution is 6.13. The molecule has 3 amide bonds. The second-order valence-corrected chi connectivity index (χ2v) is 9.29. The Hall–Kier alpha value is -4.68. The van der Waals surface area contributed by atoms with Gasteiger partial charge in [0.2, 0.25) is 18.6 Å². The first-order chi connectivity index (χ1) is 18.3. The van der Waals surface area contributed by atoms with Gasteiger partial charge in [-0.1, -0.05) is 12.6 Å². The van der Waals surface area contributed by atoms with Crippen LogP contribution in [0.5, 0.6) is 11.5 Å². The highest BCUT2D eigenvalue weighted by Crippen LogP contribution is 2.42. The Morgan fingerprint density at radius 1 is 1.24 bits per heavy atom. The largest absolute Gasteiger partial charge is 0.453 e. The number of carbonyl (C=O) groups excluding carboxylic acids is 3. The fourth-order valence-electron chi connectivity index (χ4n) is 4.69. The Morgan fingerprint density at radius 2 is 2.03 bits per heavy atom. The van der Waals surface area contributed by atoms with E-state index in [9.17, 15) is 14.4 Å². The summed E-state index contributed by atoms with van der Waals surface area (Å²) in [4.78, 5) is 49.5. The molecule has 1 unspecified atom stereocenters. The Bertz CT molecular complexity index is 1450. The lowest BCUT2D eigenvalue weighted by molar-refractivity contribution is -0.128. The third-order valence-electron chi connectivity index (χ3n) is 6.65. The number of nitrogens with one attached hydrogen (secondary N) is 1. The van der Waals surface area contributed by atoms with Crippen LogP contribution in [0.3, 0.4) is 0 Å². The molecule has 1 saturated heterocycles. The molecular weight excluding hydrogens is 492 g/mol. The van der Waals surface area contributed by atoms with Crippen LogP contribution in [-0.2, 0) is 16.0 Å². The molecule has 2 aromatic heterocycles. The second kappa shape index (κ2) is 10.00. The third-order valence-corrected chi connectivity index (χ3v) is 6.65. The summed E-state index contributed by atoms with van der Waals surface area (Å²) in [6.45, 7) is 4.56. The van der Waals surface area contributed by atoms with E-state index in [0.29, 0.717) is 46.9 Å². The first kappa shape index (κ1) is 25.0. The van der Waals surface area contributed by atoms with Gasteiger partial charge in [-0.3, -0.25) is 14.4 Å². The summed E-state index contributed by atoms with van der Waals surface area (Å²) in [5.74, 6) is 0.0586. The van der Waals surface area contributed by atoms with Crippen molar-refractivity contribution < 1.29 is 23.9 Å². The van der Waals surface area contributed by atoms with Gasteiger partial charge in [-0.2, -0.15) is 5.10 Å². The zero-order chi connectivity index (χ0) is 27.0. The number of carbonyl (C=O) groups is 3. The molecule has 198 valence electrons. The number of piperidine rings is 1. The van der Waals surface area contributed by atoms with E-state index in [2.05, 4.69) is 27.0 Å². The standard InChI is InChI=1S/C25H28N8O5/c1-4-17(34)32-9-5-6-15(11-32)33-24-19(23(26)27-12-28-24)20(30-33)25(36)29-16-8-7-14(10-18(35)31(2)3)21-22(16)38-13-37-21/h4,7-8,12,15H,1,5-6,9-11,13H2,2-3H3,(H,29,36)(H2,26,27,28). The Labute approximate surface area is 218 Å². The highest BCUT2D eigenvalue weighted by atomic mass is 16.7. The maximum absolute atomic E-state index is 13.5. The van der Waals surface area contributed by atoms with E-state index in [-0.39, 0.29) is 42.6 Å². The summed E-state index contributed by atoms with van der Waals surface area (Å²) in [5.41, 5.74) is 7.63. The van der Waals surface area contributed by atoms with Gasteiger partial charge in [-0.05, 0) is 25.0 Å². The number of aromatic nitrogens is 4. The number of hydrogen-bond acceptors (Lipinski definition) is 9. The maximum atomic E-state index is 13.5. The van der Waals surface area contributed by atoms with Gasteiger partial charge in [0.1, 0.15) is 12.1 Å². The van der Waals surface area contributed by atoms with Crippen LogP contribution in [0, 0.1) is 0 Å². The zero-order valence-electron chi connectivity index (χ0n) is 21.1. The lowest BCUT2D eigenvalue weighted by Crippen LogP contribution is -2.40. The van der Waals surface area contributed by atoms with Crippen molar-refractivity contribution in [2.24, 2.45) is 0 Å². The molecule has 13 nitrogen and oxygen atoms in total. The van der Waals surface area contributed by atoms with Crippen molar-refractivity contribution in [1.82, 2.24) is 29.5 Å². The summed E-state index contributed by atoms with van der Waals surface area (Å²) < 4.78 is 12.9. The molecule has 13 heteroatoms. The minimum Gasteiger partial charge on any atom is -0.453 e. The van der Waals surface area contributed by atoms with Crippen molar-refractivity contribution in [2.45, 2.75) is 25.3 Å². The van der Waals surface area contributed by atoms with E-state index in [1.807, 2.05) is 0 Å². The molecule has 38 heavy (non-hydrogen) atoms. The molecule has 0 aliphatic carbocycles. The van der Waals surface area contributed by atoms with Gasteiger partial charge in [-0.15, -0.1) is 0 Å². The number of amides is 3. The molecule has 3 aromatic rings. The Balaban J connectivity index is 1.47. The van der Waals surface area contributed by atoms with Gasteiger partial charge in [0.15, 0.2) is 22.8 Å². The molecule has 3 N–H and O–H groups in total. The predicted octanol–water partition coefficient (Wildman–Crippen LogP) is 1.37. The van der Waals surface area contributed by atoms with Crippen molar-refractivity contribution in [1.29, 1.82) is 0 Å². The number of likely N-dealkylation sites (N-methyl/N-ethyl adjacent to an activating group) is 1. The van der Waals surface area contributed by atoms with Gasteiger partial charge in [0, 0.05) is 32.7 Å². The van der Waals surface area contributed by atoms with Crippen LogP contribution in [0.2, 0.25) is 0 Å². The van der Waals surface area contributed by atoms with Gasteiger partial charge in [0.05, 0.1) is 23.5 Å². The van der Waals surface area contributed by atoms with Crippen molar-refractivity contribution in [3.05, 3.63) is 42.4 Å². The third kappa shape index (κ3) is 4.46. The van der Waals surface area contributed by atoms with E-state index >= 15 is 0 Å². The lowest BCUT2D eigenvalue weighted by Gasteiger charge is -2.32. The second-order valence-electron chi connectivity index (χ2n) is 9.29. The van der Waals surface area contributed by atoms with Crippen LogP contribution in [0.25, 0.3) is 11.0 Å². The van der Waals surface area contributed by atoms with Gasteiger partial charge >= 0.3 is 0 Å². The van der Waals surface area contributed by atoms with Crippen molar-refractivity contribution in [3.63, 3.8) is 0 Å². The summed E-state index contributed by atoms with van der Waals surface area (Å²) in [6.07, 6.45) is 4.24. The van der Waals surface area contributed by atoms with Crippen molar-refractivity contribution >= 4 is 40.3 Å². The van der Waals surface area contributed by atoms with Gasteiger partial charge in [0.25, 0.3) is 5.91 Å². The fraction of sp³-hybridized carbons (Fsp3) is 0.360. The first-order valence-corrected chi connectivity index (χ1v) is 12.1. The summed E-state index contributed by atoms with van der Waals surface area (Å²) in [5, 5.41) is 7.74. The van der Waals surface area contributed by atoms with E-state index < -0.39 is 5.91 Å². The van der Waals surface area contributed by atoms with Gasteiger partial charge in [-0.25, -0.2) is 14.6 Å². The number of fused-ring (bicyclic) bond motifs is 2. The lowest BCUT2D eigenvalue weighted by atomic mass is 10.1. The number of likely N-dealkylation sites (tertiary alicyclic amines) is 1. The number of nitrogen functional groups attached to an aromatic ring is 1. The molecule has 1 atom stereocenters. The summed E-state index contributed by atoms with van der Waals surface area (Å²) in [6, 6.07) is 3.16. The SMILES string of the molecule is C=CC(=O)N1CCCC(n2nc(C(=O)Nc3ccc(CC(=O)N(C)C)c4c3OCO4)c3c(N)ncnc32)C1. The van der Waals surface area contributed by atoms with E-state index in [1.165, 1.54) is 17.3 Å². The summed E-state index contributed by atoms with van der Waals surface area (Å²) >= 11 is 0. The minimum absolute atomic E-state index is 0.0364. The monoisotopic (exact) mass is 520 g/mol. The van der Waals surface area contributed by atoms with E-state index in [0.717, 1.165) is 12.8 Å². The Morgan fingerprint density at radius 3 is 2.79 bits per heavy atom. The van der Waals surface area contributed by atoms with E-state index in [4.69, 9.17) is 15.2 Å².